The van der Waals surface area contributed by atoms with Gasteiger partial charge in [0.25, 0.3) is 0 Å². The van der Waals surface area contributed by atoms with E-state index in [2.05, 4.69) is 62.3 Å². The van der Waals surface area contributed by atoms with E-state index in [-0.39, 0.29) is 36.1 Å². The maximum Gasteiger partial charge on any atom is -1.00 e. The molecule has 0 saturated carbocycles. The SMILES string of the molecule is CC1=C(C)C(C)(C)[C]([Ti+2][N](C(=O)c2ccccc2-c2ccccc2)c2ccccc2)=C1C.[Cl-].[Cl-]. The van der Waals surface area contributed by atoms with E-state index in [0.29, 0.717) is 0 Å². The van der Waals surface area contributed by atoms with Gasteiger partial charge in [-0.2, -0.15) is 0 Å². The standard InChI is InChI=1S/C19H15NO.C10H15.2ClH.Ti/c21-19(20-16-11-5-2-6-12-16)18-14-8-7-13-17(18)15-9-3-1-4-10-15;1-7-6-10(4,5)9(3)8(7)2;;;/h1-14H,(H,20,21);1-5H3;2*1H;/q;;;;+3/p-3. The third-order valence-electron chi connectivity index (χ3n) is 6.75. The van der Waals surface area contributed by atoms with Gasteiger partial charge in [-0.1, -0.05) is 0 Å². The predicted octanol–water partition coefficient (Wildman–Crippen LogP) is 1.66. The molecule has 0 spiro atoms. The molecular formula is C29H29Cl2NOTi. The van der Waals surface area contributed by atoms with Crippen LogP contribution in [0, 0.1) is 5.41 Å². The van der Waals surface area contributed by atoms with Crippen LogP contribution in [0.2, 0.25) is 0 Å². The number of benzene rings is 3. The Hall–Kier alpha value is -2.10. The minimum absolute atomic E-state index is 0. The topological polar surface area (TPSA) is 20.3 Å². The predicted molar refractivity (Wildman–Crippen MR) is 130 cm³/mol. The molecule has 0 unspecified atom stereocenters. The second kappa shape index (κ2) is 11.6. The van der Waals surface area contributed by atoms with E-state index >= 15 is 0 Å². The summed E-state index contributed by atoms with van der Waals surface area (Å²) in [6.07, 6.45) is 0. The normalized spacial score (nSPS) is 14.1. The van der Waals surface area contributed by atoms with Gasteiger partial charge >= 0.3 is 201 Å². The van der Waals surface area contributed by atoms with Gasteiger partial charge in [0.15, 0.2) is 0 Å². The quantitative estimate of drug-likeness (QED) is 0.464. The van der Waals surface area contributed by atoms with Crippen molar-refractivity contribution >= 4 is 11.6 Å². The summed E-state index contributed by atoms with van der Waals surface area (Å²) in [6, 6.07) is 28.3. The molecular weight excluding hydrogens is 497 g/mol. The van der Waals surface area contributed by atoms with Crippen LogP contribution in [-0.2, 0) is 19.4 Å². The molecule has 3 aromatic carbocycles. The van der Waals surface area contributed by atoms with Crippen LogP contribution in [-0.4, -0.2) is 5.91 Å². The van der Waals surface area contributed by atoms with Crippen LogP contribution in [0.15, 0.2) is 106 Å². The maximum atomic E-state index is 14.1. The Morgan fingerprint density at radius 2 is 1.26 bits per heavy atom. The Bertz CT molecular complexity index is 1220. The largest absolute Gasteiger partial charge is 1.00 e. The van der Waals surface area contributed by atoms with Crippen molar-refractivity contribution in [2.24, 2.45) is 5.41 Å². The summed E-state index contributed by atoms with van der Waals surface area (Å²) in [5.41, 5.74) is 7.90. The molecule has 0 heterocycles. The van der Waals surface area contributed by atoms with Crippen molar-refractivity contribution in [1.29, 1.82) is 0 Å². The number of halogens is 2. The first kappa shape index (κ1) is 28.1. The van der Waals surface area contributed by atoms with Gasteiger partial charge in [-0.25, -0.2) is 0 Å². The molecule has 34 heavy (non-hydrogen) atoms. The third kappa shape index (κ3) is 5.26. The van der Waals surface area contributed by atoms with Crippen molar-refractivity contribution in [3.8, 4) is 11.1 Å². The van der Waals surface area contributed by atoms with Gasteiger partial charge in [0.05, 0.1) is 0 Å². The zero-order chi connectivity index (χ0) is 22.9. The van der Waals surface area contributed by atoms with Gasteiger partial charge in [0, 0.05) is 0 Å². The zero-order valence-electron chi connectivity index (χ0n) is 20.2. The first-order chi connectivity index (χ1) is 15.3. The molecule has 1 aliphatic rings. The number of anilines is 1. The Kier molecular flexibility index (Phi) is 9.57. The Balaban J connectivity index is 0.00000204. The van der Waals surface area contributed by atoms with Gasteiger partial charge < -0.3 is 24.8 Å². The molecule has 2 nitrogen and oxygen atoms in total. The number of allylic oxidation sites excluding steroid dienone is 4. The van der Waals surface area contributed by atoms with Crippen LogP contribution < -0.4 is 28.2 Å². The van der Waals surface area contributed by atoms with Crippen LogP contribution >= 0.6 is 0 Å². The van der Waals surface area contributed by atoms with E-state index in [1.54, 1.807) is 0 Å². The molecule has 0 fully saturated rings. The van der Waals surface area contributed by atoms with Gasteiger partial charge in [-0.05, 0) is 0 Å². The van der Waals surface area contributed by atoms with E-state index < -0.39 is 19.4 Å². The average molecular weight is 526 g/mol. The van der Waals surface area contributed by atoms with Crippen molar-refractivity contribution in [3.63, 3.8) is 0 Å². The first-order valence-electron chi connectivity index (χ1n) is 11.0. The summed E-state index contributed by atoms with van der Waals surface area (Å²) in [7, 11) is 0. The van der Waals surface area contributed by atoms with Gasteiger partial charge in [-0.3, -0.25) is 0 Å². The first-order valence-corrected chi connectivity index (χ1v) is 12.5. The number of para-hydroxylation sites is 1. The van der Waals surface area contributed by atoms with E-state index in [4.69, 9.17) is 0 Å². The molecule has 0 radical (unpaired) electrons. The second-order valence-electron chi connectivity index (χ2n) is 8.87. The fraction of sp³-hybridized carbons (Fsp3) is 0.207. The van der Waals surface area contributed by atoms with Gasteiger partial charge in [0.1, 0.15) is 0 Å². The molecule has 0 aromatic heterocycles. The number of nitrogens with zero attached hydrogens (tertiary/aromatic N) is 1. The summed E-state index contributed by atoms with van der Waals surface area (Å²) in [5.74, 6) is 0.0777. The number of amides is 1. The minimum atomic E-state index is -0.913. The smallest absolute Gasteiger partial charge is 1.00 e. The number of rotatable bonds is 5. The summed E-state index contributed by atoms with van der Waals surface area (Å²) in [5, 5.41) is 0. The summed E-state index contributed by atoms with van der Waals surface area (Å²) in [6.45, 7) is 11.3. The minimum Gasteiger partial charge on any atom is -1.00 e. The van der Waals surface area contributed by atoms with E-state index in [1.165, 1.54) is 20.6 Å². The Morgan fingerprint density at radius 3 is 1.82 bits per heavy atom. The van der Waals surface area contributed by atoms with Crippen LogP contribution in [0.25, 0.3) is 11.1 Å². The van der Waals surface area contributed by atoms with E-state index in [1.807, 2.05) is 60.7 Å². The molecule has 3 aromatic rings. The summed E-state index contributed by atoms with van der Waals surface area (Å²) in [4.78, 5) is 14.1. The zero-order valence-corrected chi connectivity index (χ0v) is 23.3. The number of hydrogen-bond donors (Lipinski definition) is 0. The molecule has 174 valence electrons. The molecule has 4 rings (SSSR count). The van der Waals surface area contributed by atoms with Crippen LogP contribution in [0.5, 0.6) is 0 Å². The van der Waals surface area contributed by atoms with Gasteiger partial charge in [0.2, 0.25) is 0 Å². The molecule has 1 amide bonds. The van der Waals surface area contributed by atoms with Crippen molar-refractivity contribution in [2.45, 2.75) is 34.6 Å². The third-order valence-corrected chi connectivity index (χ3v) is 9.73. The van der Waals surface area contributed by atoms with Crippen molar-refractivity contribution < 1.29 is 49.0 Å². The molecule has 1 aliphatic carbocycles. The summed E-state index contributed by atoms with van der Waals surface area (Å²) < 4.78 is 3.50. The molecule has 0 atom stereocenters. The number of hydrogen-bond acceptors (Lipinski definition) is 1. The van der Waals surface area contributed by atoms with Crippen LogP contribution in [0.1, 0.15) is 45.0 Å². The van der Waals surface area contributed by atoms with Crippen LogP contribution in [0.4, 0.5) is 5.69 Å². The van der Waals surface area contributed by atoms with Crippen LogP contribution in [0.3, 0.4) is 0 Å². The number of carbonyl (C=O) groups is 1. The van der Waals surface area contributed by atoms with E-state index in [9.17, 15) is 4.79 Å². The summed E-state index contributed by atoms with van der Waals surface area (Å²) >= 11 is -0.913. The van der Waals surface area contributed by atoms with E-state index in [0.717, 1.165) is 22.4 Å². The van der Waals surface area contributed by atoms with Crippen molar-refractivity contribution in [2.75, 3.05) is 3.38 Å². The fourth-order valence-electron chi connectivity index (χ4n) is 4.40. The molecule has 0 saturated heterocycles. The van der Waals surface area contributed by atoms with Crippen molar-refractivity contribution in [3.05, 3.63) is 111 Å². The molecule has 0 N–H and O–H groups in total. The Labute approximate surface area is 225 Å². The van der Waals surface area contributed by atoms with Crippen molar-refractivity contribution in [1.82, 2.24) is 0 Å². The molecule has 5 heteroatoms. The van der Waals surface area contributed by atoms with Gasteiger partial charge in [-0.15, -0.1) is 0 Å². The average Bonchev–Trinajstić information content (AvgIpc) is 2.97. The maximum absolute atomic E-state index is 14.1. The fourth-order valence-corrected chi connectivity index (χ4v) is 6.81. The number of carbonyl (C=O) groups excluding carboxylic acids is 1. The monoisotopic (exact) mass is 525 g/mol. The molecule has 0 aliphatic heterocycles. The molecule has 0 bridgehead atoms. The Morgan fingerprint density at radius 1 is 0.735 bits per heavy atom. The second-order valence-corrected chi connectivity index (χ2v) is 10.7.